The molecule has 3 aromatic rings. The molecule has 0 fully saturated rings. The van der Waals surface area contributed by atoms with Crippen molar-refractivity contribution in [2.45, 2.75) is 13.1 Å². The number of benzene rings is 1. The van der Waals surface area contributed by atoms with Crippen LogP contribution >= 0.6 is 0 Å². The number of hydrogen-bond donors (Lipinski definition) is 1. The fraction of sp³-hybridized carbons (Fsp3) is 0.188. The van der Waals surface area contributed by atoms with E-state index in [-0.39, 0.29) is 29.1 Å². The number of esters is 1. The fourth-order valence-corrected chi connectivity index (χ4v) is 2.41. The van der Waals surface area contributed by atoms with Gasteiger partial charge in [0, 0.05) is 11.8 Å². The van der Waals surface area contributed by atoms with Crippen LogP contribution in [0.2, 0.25) is 0 Å². The summed E-state index contributed by atoms with van der Waals surface area (Å²) in [7, 11) is 0. The predicted molar refractivity (Wildman–Crippen MR) is 83.8 cm³/mol. The van der Waals surface area contributed by atoms with Gasteiger partial charge in [-0.25, -0.2) is 19.2 Å². The first kappa shape index (κ1) is 17.6. The number of anilines is 1. The first-order valence-corrected chi connectivity index (χ1v) is 7.40. The normalized spacial score (nSPS) is 11.7. The summed E-state index contributed by atoms with van der Waals surface area (Å²) >= 11 is 0. The largest absolute Gasteiger partial charge is 0.462 e. The Morgan fingerprint density at radius 1 is 1.35 bits per heavy atom. The quantitative estimate of drug-likeness (QED) is 0.567. The maximum atomic E-state index is 14.3. The Morgan fingerprint density at radius 2 is 2.08 bits per heavy atom. The lowest BCUT2D eigenvalue weighted by molar-refractivity contribution is -0.141. The second-order valence-electron chi connectivity index (χ2n) is 5.26. The number of ether oxygens (including phenoxy) is 1. The third kappa shape index (κ3) is 3.05. The summed E-state index contributed by atoms with van der Waals surface area (Å²) in [6.45, 7) is 1.74. The zero-order chi connectivity index (χ0) is 19.1. The minimum Gasteiger partial charge on any atom is -0.462 e. The highest BCUT2D eigenvalue weighted by molar-refractivity contribution is 5.91. The van der Waals surface area contributed by atoms with Gasteiger partial charge in [0.25, 0.3) is 0 Å². The van der Waals surface area contributed by atoms with Crippen molar-refractivity contribution < 1.29 is 27.1 Å². The predicted octanol–water partition coefficient (Wildman–Crippen LogP) is 3.31. The molecule has 0 unspecified atom stereocenters. The van der Waals surface area contributed by atoms with Crippen LogP contribution in [0.5, 0.6) is 0 Å². The second-order valence-corrected chi connectivity index (χ2v) is 5.26. The average Bonchev–Trinajstić information content (AvgIpc) is 2.99. The number of alkyl halides is 3. The maximum Gasteiger partial charge on any atom is 0.434 e. The first-order valence-electron chi connectivity index (χ1n) is 7.40. The molecule has 0 radical (unpaired) electrons. The summed E-state index contributed by atoms with van der Waals surface area (Å²) in [6.07, 6.45) is -2.92. The van der Waals surface area contributed by atoms with Crippen molar-refractivity contribution in [3.05, 3.63) is 47.7 Å². The minimum absolute atomic E-state index is 0.0109. The van der Waals surface area contributed by atoms with E-state index in [1.807, 2.05) is 0 Å². The monoisotopic (exact) mass is 368 g/mol. The number of rotatable bonds is 3. The third-order valence-electron chi connectivity index (χ3n) is 3.56. The molecule has 0 bridgehead atoms. The second kappa shape index (κ2) is 6.28. The Bertz CT molecular complexity index is 998. The summed E-state index contributed by atoms with van der Waals surface area (Å²) in [5.41, 5.74) is 4.15. The number of carbonyl (C=O) groups excluding carboxylic acids is 1. The molecule has 3 rings (SSSR count). The zero-order valence-electron chi connectivity index (χ0n) is 13.3. The van der Waals surface area contributed by atoms with Crippen molar-refractivity contribution in [1.29, 1.82) is 0 Å². The third-order valence-corrected chi connectivity index (χ3v) is 3.56. The van der Waals surface area contributed by atoms with Crippen molar-refractivity contribution in [3.63, 3.8) is 0 Å². The van der Waals surface area contributed by atoms with Gasteiger partial charge in [-0.3, -0.25) is 4.40 Å². The Hall–Kier alpha value is -3.17. The van der Waals surface area contributed by atoms with E-state index in [4.69, 9.17) is 10.5 Å². The van der Waals surface area contributed by atoms with Gasteiger partial charge in [-0.15, -0.1) is 0 Å². The van der Waals surface area contributed by atoms with E-state index in [1.54, 1.807) is 6.92 Å². The van der Waals surface area contributed by atoms with Crippen LogP contribution in [-0.4, -0.2) is 26.9 Å². The van der Waals surface area contributed by atoms with Gasteiger partial charge < -0.3 is 10.5 Å². The van der Waals surface area contributed by atoms with Gasteiger partial charge in [0.2, 0.25) is 0 Å². The molecule has 0 aliphatic carbocycles. The molecule has 0 amide bonds. The molecule has 10 heteroatoms. The summed E-state index contributed by atoms with van der Waals surface area (Å²) in [5.74, 6) is -1.88. The lowest BCUT2D eigenvalue weighted by atomic mass is 10.1. The fourth-order valence-electron chi connectivity index (χ4n) is 2.41. The van der Waals surface area contributed by atoms with Crippen molar-refractivity contribution >= 4 is 17.4 Å². The molecule has 26 heavy (non-hydrogen) atoms. The zero-order valence-corrected chi connectivity index (χ0v) is 13.3. The molecule has 136 valence electrons. The molecule has 2 heterocycles. The van der Waals surface area contributed by atoms with Crippen LogP contribution in [0.15, 0.2) is 30.6 Å². The van der Waals surface area contributed by atoms with Crippen LogP contribution in [0.1, 0.15) is 23.0 Å². The van der Waals surface area contributed by atoms with Crippen molar-refractivity contribution in [2.75, 3.05) is 12.3 Å². The molecular weight excluding hydrogens is 356 g/mol. The van der Waals surface area contributed by atoms with Crippen LogP contribution in [0.25, 0.3) is 16.9 Å². The number of hydrogen-bond acceptors (Lipinski definition) is 5. The van der Waals surface area contributed by atoms with Crippen LogP contribution in [-0.2, 0) is 10.9 Å². The smallest absolute Gasteiger partial charge is 0.434 e. The summed E-state index contributed by atoms with van der Waals surface area (Å²) in [4.78, 5) is 19.0. The Labute approximate surface area is 144 Å². The Morgan fingerprint density at radius 3 is 2.73 bits per heavy atom. The van der Waals surface area contributed by atoms with Crippen molar-refractivity contribution in [3.8, 4) is 11.3 Å². The molecule has 0 atom stereocenters. The first-order chi connectivity index (χ1) is 12.2. The Kier molecular flexibility index (Phi) is 4.26. The van der Waals surface area contributed by atoms with Crippen molar-refractivity contribution in [2.24, 2.45) is 0 Å². The number of nitrogens with two attached hydrogens (primary N) is 1. The lowest BCUT2D eigenvalue weighted by Gasteiger charge is -2.10. The number of nitrogen functional groups attached to an aromatic ring is 1. The molecule has 0 saturated carbocycles. The highest BCUT2D eigenvalue weighted by Crippen LogP contribution is 2.32. The Balaban J connectivity index is 2.21. The molecule has 0 saturated heterocycles. The van der Waals surface area contributed by atoms with Crippen LogP contribution < -0.4 is 5.73 Å². The molecule has 2 N–H and O–H groups in total. The van der Waals surface area contributed by atoms with Gasteiger partial charge in [0.05, 0.1) is 24.1 Å². The number of nitrogens with zero attached hydrogens (tertiary/aromatic N) is 3. The number of halogens is 4. The number of carbonyl (C=O) groups is 1. The lowest BCUT2D eigenvalue weighted by Crippen LogP contribution is -2.12. The van der Waals surface area contributed by atoms with E-state index in [1.165, 1.54) is 12.1 Å². The molecule has 0 aliphatic rings. The molecule has 1 aromatic carbocycles. The van der Waals surface area contributed by atoms with E-state index in [9.17, 15) is 22.4 Å². The van der Waals surface area contributed by atoms with Crippen LogP contribution in [0, 0.1) is 5.82 Å². The molecule has 6 nitrogen and oxygen atoms in total. The minimum atomic E-state index is -4.74. The van der Waals surface area contributed by atoms with Gasteiger partial charge in [-0.05, 0) is 25.1 Å². The van der Waals surface area contributed by atoms with Gasteiger partial charge in [0.15, 0.2) is 17.2 Å². The van der Waals surface area contributed by atoms with Gasteiger partial charge in [-0.1, -0.05) is 0 Å². The molecule has 0 spiro atoms. The number of aromatic nitrogens is 3. The molecular formula is C16H12F4N4O2. The van der Waals surface area contributed by atoms with E-state index >= 15 is 0 Å². The summed E-state index contributed by atoms with van der Waals surface area (Å²) < 4.78 is 59.1. The highest BCUT2D eigenvalue weighted by atomic mass is 19.4. The van der Waals surface area contributed by atoms with Gasteiger partial charge in [0.1, 0.15) is 5.82 Å². The SMILES string of the molecule is CCOC(=O)c1ccc(F)c(-c2cnc3c(N)nc(C(F)(F)F)cn23)c1. The van der Waals surface area contributed by atoms with Crippen LogP contribution in [0.4, 0.5) is 23.4 Å². The van der Waals surface area contributed by atoms with Gasteiger partial charge in [-0.2, -0.15) is 13.2 Å². The van der Waals surface area contributed by atoms with E-state index in [0.717, 1.165) is 16.7 Å². The van der Waals surface area contributed by atoms with Crippen LogP contribution in [0.3, 0.4) is 0 Å². The summed E-state index contributed by atoms with van der Waals surface area (Å²) in [6, 6.07) is 3.42. The molecule has 0 aliphatic heterocycles. The van der Waals surface area contributed by atoms with Crippen molar-refractivity contribution in [1.82, 2.24) is 14.4 Å². The number of imidazole rings is 1. The average molecular weight is 368 g/mol. The number of fused-ring (bicyclic) bond motifs is 1. The maximum absolute atomic E-state index is 14.3. The standard InChI is InChI=1S/C16H12F4N4O2/c1-2-26-15(25)8-3-4-10(17)9(5-8)11-6-22-14-13(21)23-12(7-24(11)14)16(18,19)20/h3-7H,2H2,1H3,(H2,21,23). The molecule has 2 aromatic heterocycles. The van der Waals surface area contributed by atoms with E-state index < -0.39 is 29.5 Å². The van der Waals surface area contributed by atoms with E-state index in [0.29, 0.717) is 6.20 Å². The summed E-state index contributed by atoms with van der Waals surface area (Å²) in [5, 5.41) is 0. The highest BCUT2D eigenvalue weighted by Gasteiger charge is 2.34. The topological polar surface area (TPSA) is 82.5 Å². The van der Waals surface area contributed by atoms with E-state index in [2.05, 4.69) is 9.97 Å². The van der Waals surface area contributed by atoms with Gasteiger partial charge >= 0.3 is 12.1 Å².